The Morgan fingerprint density at radius 3 is 2.64 bits per heavy atom. The molecule has 0 N–H and O–H groups in total. The van der Waals surface area contributed by atoms with Gasteiger partial charge in [0, 0.05) is 17.5 Å². The highest BCUT2D eigenvalue weighted by Gasteiger charge is 2.33. The van der Waals surface area contributed by atoms with E-state index in [1.807, 2.05) is 36.4 Å². The molecule has 1 aliphatic heterocycles. The second-order valence-corrected chi connectivity index (χ2v) is 6.57. The van der Waals surface area contributed by atoms with E-state index in [9.17, 15) is 9.59 Å². The SMILES string of the molecule is CCN1C(=O)S/C(=C/c2ccc(Sc3ccccc3)o2)C1=O. The van der Waals surface area contributed by atoms with Gasteiger partial charge in [0.15, 0.2) is 5.09 Å². The molecule has 6 heteroatoms. The van der Waals surface area contributed by atoms with E-state index in [2.05, 4.69) is 0 Å². The van der Waals surface area contributed by atoms with Crippen molar-refractivity contribution in [1.82, 2.24) is 4.90 Å². The van der Waals surface area contributed by atoms with Crippen LogP contribution in [0.3, 0.4) is 0 Å². The molecule has 2 aromatic rings. The molecule has 1 aromatic carbocycles. The van der Waals surface area contributed by atoms with Gasteiger partial charge < -0.3 is 4.42 Å². The Labute approximate surface area is 136 Å². The van der Waals surface area contributed by atoms with Gasteiger partial charge in [-0.05, 0) is 43.0 Å². The molecule has 0 unspecified atom stereocenters. The molecule has 1 saturated heterocycles. The zero-order valence-corrected chi connectivity index (χ0v) is 13.4. The summed E-state index contributed by atoms with van der Waals surface area (Å²) in [7, 11) is 0. The van der Waals surface area contributed by atoms with Crippen LogP contribution in [0.15, 0.2) is 61.8 Å². The van der Waals surface area contributed by atoms with Gasteiger partial charge in [-0.3, -0.25) is 14.5 Å². The number of imide groups is 1. The normalized spacial score (nSPS) is 16.8. The third-order valence-corrected chi connectivity index (χ3v) is 4.86. The van der Waals surface area contributed by atoms with E-state index in [4.69, 9.17) is 4.42 Å². The Balaban J connectivity index is 1.76. The van der Waals surface area contributed by atoms with Crippen LogP contribution in [0, 0.1) is 0 Å². The Morgan fingerprint density at radius 1 is 1.18 bits per heavy atom. The van der Waals surface area contributed by atoms with E-state index < -0.39 is 0 Å². The highest BCUT2D eigenvalue weighted by molar-refractivity contribution is 8.18. The maximum Gasteiger partial charge on any atom is 0.293 e. The molecule has 1 aliphatic rings. The Morgan fingerprint density at radius 2 is 1.95 bits per heavy atom. The number of nitrogens with zero attached hydrogens (tertiary/aromatic N) is 1. The van der Waals surface area contributed by atoms with Crippen LogP contribution in [-0.4, -0.2) is 22.6 Å². The lowest BCUT2D eigenvalue weighted by atomic mass is 10.3. The summed E-state index contributed by atoms with van der Waals surface area (Å²) in [5, 5.41) is 0.511. The minimum Gasteiger partial charge on any atom is -0.450 e. The van der Waals surface area contributed by atoms with E-state index in [1.165, 1.54) is 16.7 Å². The van der Waals surface area contributed by atoms with Crippen LogP contribution < -0.4 is 0 Å². The van der Waals surface area contributed by atoms with Gasteiger partial charge in [-0.2, -0.15) is 0 Å². The van der Waals surface area contributed by atoms with Crippen molar-refractivity contribution in [3.05, 3.63) is 53.1 Å². The van der Waals surface area contributed by atoms with E-state index in [-0.39, 0.29) is 11.1 Å². The average Bonchev–Trinajstić information content (AvgIpc) is 3.05. The quantitative estimate of drug-likeness (QED) is 0.773. The van der Waals surface area contributed by atoms with Gasteiger partial charge in [0.2, 0.25) is 0 Å². The Hall–Kier alpha value is -1.92. The molecule has 0 radical (unpaired) electrons. The number of likely N-dealkylation sites (N-methyl/N-ethyl adjacent to an activating group) is 1. The molecule has 0 atom stereocenters. The number of hydrogen-bond donors (Lipinski definition) is 0. The van der Waals surface area contributed by atoms with Crippen molar-refractivity contribution in [1.29, 1.82) is 0 Å². The van der Waals surface area contributed by atoms with Crippen molar-refractivity contribution in [3.8, 4) is 0 Å². The van der Waals surface area contributed by atoms with Crippen molar-refractivity contribution >= 4 is 40.7 Å². The first kappa shape index (κ1) is 15.0. The van der Waals surface area contributed by atoms with Gasteiger partial charge in [0.05, 0.1) is 4.91 Å². The topological polar surface area (TPSA) is 50.5 Å². The fraction of sp³-hybridized carbons (Fsp3) is 0.125. The molecule has 2 amide bonds. The van der Waals surface area contributed by atoms with Gasteiger partial charge in [-0.15, -0.1) is 0 Å². The van der Waals surface area contributed by atoms with Gasteiger partial charge in [0.1, 0.15) is 5.76 Å². The lowest BCUT2D eigenvalue weighted by Gasteiger charge is -2.06. The van der Waals surface area contributed by atoms with E-state index in [0.717, 1.165) is 21.7 Å². The number of thioether (sulfide) groups is 1. The average molecular weight is 331 g/mol. The number of furan rings is 1. The summed E-state index contributed by atoms with van der Waals surface area (Å²) in [4.78, 5) is 26.4. The van der Waals surface area contributed by atoms with Gasteiger partial charge in [-0.25, -0.2) is 0 Å². The van der Waals surface area contributed by atoms with Crippen LogP contribution >= 0.6 is 23.5 Å². The monoisotopic (exact) mass is 331 g/mol. The summed E-state index contributed by atoms with van der Waals surface area (Å²) in [5.74, 6) is 0.311. The van der Waals surface area contributed by atoms with Crippen LogP contribution in [0.25, 0.3) is 6.08 Å². The molecule has 0 saturated carbocycles. The van der Waals surface area contributed by atoms with Crippen LogP contribution in [0.5, 0.6) is 0 Å². The second kappa shape index (κ2) is 6.46. The first-order valence-corrected chi connectivity index (χ1v) is 8.39. The Bertz CT molecular complexity index is 737. The minimum absolute atomic E-state index is 0.232. The highest BCUT2D eigenvalue weighted by Crippen LogP contribution is 2.34. The first-order valence-electron chi connectivity index (χ1n) is 6.75. The van der Waals surface area contributed by atoms with Gasteiger partial charge in [-0.1, -0.05) is 30.0 Å². The third-order valence-electron chi connectivity index (χ3n) is 3.03. The van der Waals surface area contributed by atoms with Crippen molar-refractivity contribution in [2.45, 2.75) is 16.9 Å². The molecule has 22 heavy (non-hydrogen) atoms. The Kier molecular flexibility index (Phi) is 4.40. The summed E-state index contributed by atoms with van der Waals surface area (Å²) in [6.45, 7) is 2.16. The van der Waals surface area contributed by atoms with Crippen molar-refractivity contribution in [2.24, 2.45) is 0 Å². The number of hydrogen-bond acceptors (Lipinski definition) is 5. The molecule has 0 bridgehead atoms. The molecule has 0 spiro atoms. The van der Waals surface area contributed by atoms with E-state index >= 15 is 0 Å². The molecule has 112 valence electrons. The number of carbonyl (C=O) groups excluding carboxylic acids is 2. The van der Waals surface area contributed by atoms with Gasteiger partial charge in [0.25, 0.3) is 11.1 Å². The fourth-order valence-corrected chi connectivity index (χ4v) is 3.66. The standard InChI is InChI=1S/C16H13NO3S2/c1-2-17-15(18)13(22-16(17)19)10-11-8-9-14(20-11)21-12-6-4-3-5-7-12/h3-10H,2H2,1H3/b13-10+. The van der Waals surface area contributed by atoms with Crippen LogP contribution in [0.4, 0.5) is 4.79 Å². The summed E-state index contributed by atoms with van der Waals surface area (Å²) < 4.78 is 5.69. The minimum atomic E-state index is -0.258. The lowest BCUT2D eigenvalue weighted by Crippen LogP contribution is -2.27. The largest absolute Gasteiger partial charge is 0.450 e. The van der Waals surface area contributed by atoms with Crippen LogP contribution in [0.2, 0.25) is 0 Å². The molecular weight excluding hydrogens is 318 g/mol. The van der Waals surface area contributed by atoms with Gasteiger partial charge >= 0.3 is 0 Å². The summed E-state index contributed by atoms with van der Waals surface area (Å²) >= 11 is 2.45. The maximum absolute atomic E-state index is 12.0. The van der Waals surface area contributed by atoms with Crippen molar-refractivity contribution < 1.29 is 14.0 Å². The van der Waals surface area contributed by atoms with E-state index in [1.54, 1.807) is 19.1 Å². The first-order chi connectivity index (χ1) is 10.7. The highest BCUT2D eigenvalue weighted by atomic mass is 32.2. The molecule has 1 aromatic heterocycles. The van der Waals surface area contributed by atoms with Crippen molar-refractivity contribution in [3.63, 3.8) is 0 Å². The number of carbonyl (C=O) groups is 2. The summed E-state index contributed by atoms with van der Waals surface area (Å²) in [5.41, 5.74) is 0. The maximum atomic E-state index is 12.0. The predicted molar refractivity (Wildman–Crippen MR) is 87.6 cm³/mol. The van der Waals surface area contributed by atoms with Crippen LogP contribution in [0.1, 0.15) is 12.7 Å². The zero-order valence-electron chi connectivity index (χ0n) is 11.8. The number of amides is 2. The van der Waals surface area contributed by atoms with Crippen LogP contribution in [-0.2, 0) is 4.79 Å². The summed E-state index contributed by atoms with van der Waals surface area (Å²) in [6, 6.07) is 13.5. The molecular formula is C16H13NO3S2. The number of rotatable bonds is 4. The molecule has 3 rings (SSSR count). The fourth-order valence-electron chi connectivity index (χ4n) is 1.97. The zero-order chi connectivity index (χ0) is 15.5. The van der Waals surface area contributed by atoms with Crippen molar-refractivity contribution in [2.75, 3.05) is 6.54 Å². The lowest BCUT2D eigenvalue weighted by molar-refractivity contribution is -0.122. The smallest absolute Gasteiger partial charge is 0.293 e. The third kappa shape index (κ3) is 3.13. The molecule has 4 nitrogen and oxygen atoms in total. The molecule has 1 fully saturated rings. The van der Waals surface area contributed by atoms with E-state index in [0.29, 0.717) is 17.2 Å². The second-order valence-electron chi connectivity index (χ2n) is 4.50. The molecule has 0 aliphatic carbocycles. The molecule has 2 heterocycles. The number of benzene rings is 1. The predicted octanol–water partition coefficient (Wildman–Crippen LogP) is 4.49. The summed E-state index contributed by atoms with van der Waals surface area (Å²) in [6.07, 6.45) is 1.62.